The first kappa shape index (κ1) is 24.2. The molecule has 0 radical (unpaired) electrons. The van der Waals surface area contributed by atoms with E-state index in [1.807, 2.05) is 44.2 Å². The molecule has 33 heavy (non-hydrogen) atoms. The molecule has 0 aliphatic heterocycles. The standard InChI is InChI=1S/C23H25ClN6O2S/c1-14-11-15(2)27-22(26-14)29-21(25-13-16-7-5-6-8-19(16)31-3)30-23(33)28-18-12-17(24)9-10-20(18)32-4/h5-12H,13H2,1-4H3,(H3,25,26,27,28,29,30,33). The summed E-state index contributed by atoms with van der Waals surface area (Å²) in [6.45, 7) is 4.14. The Morgan fingerprint density at radius 2 is 1.67 bits per heavy atom. The normalized spacial score (nSPS) is 11.0. The highest BCUT2D eigenvalue weighted by molar-refractivity contribution is 7.80. The minimum atomic E-state index is 0.284. The number of aryl methyl sites for hydroxylation is 2. The molecule has 0 unspecified atom stereocenters. The van der Waals surface area contributed by atoms with Crippen LogP contribution in [0.2, 0.25) is 5.02 Å². The van der Waals surface area contributed by atoms with Crippen molar-refractivity contribution in [2.24, 2.45) is 4.99 Å². The third-order valence-corrected chi connectivity index (χ3v) is 4.89. The third-order valence-electron chi connectivity index (χ3n) is 4.45. The molecule has 0 spiro atoms. The highest BCUT2D eigenvalue weighted by Gasteiger charge is 2.11. The molecular weight excluding hydrogens is 460 g/mol. The molecular formula is C23H25ClN6O2S. The number of hydrogen-bond donors (Lipinski definition) is 3. The van der Waals surface area contributed by atoms with Gasteiger partial charge in [-0.1, -0.05) is 29.8 Å². The highest BCUT2D eigenvalue weighted by atomic mass is 35.5. The van der Waals surface area contributed by atoms with Crippen LogP contribution in [-0.4, -0.2) is 35.3 Å². The zero-order chi connectivity index (χ0) is 23.8. The second kappa shape index (κ2) is 11.4. The Morgan fingerprint density at radius 1 is 0.970 bits per heavy atom. The lowest BCUT2D eigenvalue weighted by atomic mass is 10.2. The molecule has 3 N–H and O–H groups in total. The van der Waals surface area contributed by atoms with Crippen LogP contribution < -0.4 is 25.4 Å². The summed E-state index contributed by atoms with van der Waals surface area (Å²) in [5.41, 5.74) is 3.20. The summed E-state index contributed by atoms with van der Waals surface area (Å²) in [4.78, 5) is 13.5. The molecule has 3 rings (SSSR count). The molecule has 0 aliphatic rings. The average molecular weight is 485 g/mol. The van der Waals surface area contributed by atoms with E-state index in [1.165, 1.54) is 0 Å². The lowest BCUT2D eigenvalue weighted by Gasteiger charge is -2.16. The fourth-order valence-electron chi connectivity index (χ4n) is 3.03. The SMILES string of the molecule is COc1ccccc1CN=C(NC(=S)Nc1cc(Cl)ccc1OC)Nc1nc(C)cc(C)n1. The van der Waals surface area contributed by atoms with E-state index in [9.17, 15) is 0 Å². The van der Waals surface area contributed by atoms with Crippen LogP contribution in [0.4, 0.5) is 11.6 Å². The van der Waals surface area contributed by atoms with Crippen LogP contribution in [0.25, 0.3) is 0 Å². The summed E-state index contributed by atoms with van der Waals surface area (Å²) < 4.78 is 10.8. The van der Waals surface area contributed by atoms with Crippen molar-refractivity contribution in [3.8, 4) is 11.5 Å². The van der Waals surface area contributed by atoms with Gasteiger partial charge in [-0.3, -0.25) is 5.32 Å². The Labute approximate surface area is 203 Å². The maximum Gasteiger partial charge on any atom is 0.229 e. The smallest absolute Gasteiger partial charge is 0.229 e. The molecule has 1 aromatic heterocycles. The van der Waals surface area contributed by atoms with Crippen molar-refractivity contribution in [2.45, 2.75) is 20.4 Å². The molecule has 3 aromatic rings. The summed E-state index contributed by atoms with van der Waals surface area (Å²) in [6, 6.07) is 14.8. The lowest BCUT2D eigenvalue weighted by Crippen LogP contribution is -2.39. The number of hydrogen-bond acceptors (Lipinski definition) is 6. The highest BCUT2D eigenvalue weighted by Crippen LogP contribution is 2.27. The van der Waals surface area contributed by atoms with Crippen molar-refractivity contribution in [1.29, 1.82) is 0 Å². The van der Waals surface area contributed by atoms with Gasteiger partial charge in [0.15, 0.2) is 5.11 Å². The van der Waals surface area contributed by atoms with E-state index in [-0.39, 0.29) is 5.11 Å². The van der Waals surface area contributed by atoms with Crippen molar-refractivity contribution in [2.75, 3.05) is 24.9 Å². The van der Waals surface area contributed by atoms with Crippen LogP contribution in [0.1, 0.15) is 17.0 Å². The van der Waals surface area contributed by atoms with E-state index in [0.717, 1.165) is 22.7 Å². The monoisotopic (exact) mass is 484 g/mol. The van der Waals surface area contributed by atoms with Crippen molar-refractivity contribution in [3.63, 3.8) is 0 Å². The van der Waals surface area contributed by atoms with Gasteiger partial charge in [0.05, 0.1) is 26.5 Å². The van der Waals surface area contributed by atoms with Gasteiger partial charge >= 0.3 is 0 Å². The topological polar surface area (TPSA) is 92.7 Å². The summed E-state index contributed by atoms with van der Waals surface area (Å²) >= 11 is 11.6. The van der Waals surface area contributed by atoms with Crippen LogP contribution in [0.3, 0.4) is 0 Å². The molecule has 0 amide bonds. The average Bonchev–Trinajstić information content (AvgIpc) is 2.77. The van der Waals surface area contributed by atoms with Gasteiger partial charge in [0, 0.05) is 22.0 Å². The van der Waals surface area contributed by atoms with Gasteiger partial charge in [0.1, 0.15) is 11.5 Å². The minimum absolute atomic E-state index is 0.284. The van der Waals surface area contributed by atoms with Crippen molar-refractivity contribution < 1.29 is 9.47 Å². The van der Waals surface area contributed by atoms with Gasteiger partial charge in [-0.2, -0.15) is 0 Å². The molecule has 0 saturated heterocycles. The van der Waals surface area contributed by atoms with E-state index in [4.69, 9.17) is 33.3 Å². The van der Waals surface area contributed by atoms with Crippen LogP contribution in [0, 0.1) is 13.8 Å². The van der Waals surface area contributed by atoms with Gasteiger partial charge in [-0.25, -0.2) is 15.0 Å². The summed E-state index contributed by atoms with van der Waals surface area (Å²) in [6.07, 6.45) is 0. The number of rotatable bonds is 6. The van der Waals surface area contributed by atoms with E-state index in [1.54, 1.807) is 32.4 Å². The number of aromatic nitrogens is 2. The van der Waals surface area contributed by atoms with Crippen molar-refractivity contribution in [1.82, 2.24) is 15.3 Å². The van der Waals surface area contributed by atoms with Gasteiger partial charge < -0.3 is 20.1 Å². The largest absolute Gasteiger partial charge is 0.496 e. The second-order valence-corrected chi connectivity index (χ2v) is 7.84. The Morgan fingerprint density at radius 3 is 2.36 bits per heavy atom. The third kappa shape index (κ3) is 7.03. The molecule has 2 aromatic carbocycles. The predicted molar refractivity (Wildman–Crippen MR) is 137 cm³/mol. The van der Waals surface area contributed by atoms with Gasteiger partial charge in [-0.05, 0) is 56.4 Å². The number of aliphatic imine (C=N–C) groups is 1. The molecule has 0 aliphatic carbocycles. The number of nitrogens with one attached hydrogen (secondary N) is 3. The van der Waals surface area contributed by atoms with E-state index < -0.39 is 0 Å². The summed E-state index contributed by atoms with van der Waals surface area (Å²) in [7, 11) is 3.20. The number of ether oxygens (including phenoxy) is 2. The zero-order valence-corrected chi connectivity index (χ0v) is 20.3. The lowest BCUT2D eigenvalue weighted by molar-refractivity contribution is 0.410. The fourth-order valence-corrected chi connectivity index (χ4v) is 3.41. The summed E-state index contributed by atoms with van der Waals surface area (Å²) in [5.74, 6) is 2.11. The van der Waals surface area contributed by atoms with Crippen LogP contribution in [0.15, 0.2) is 53.5 Å². The Kier molecular flexibility index (Phi) is 8.39. The first-order valence-electron chi connectivity index (χ1n) is 10.0. The Bertz CT molecular complexity index is 1150. The molecule has 0 atom stereocenters. The first-order chi connectivity index (χ1) is 15.9. The molecule has 1 heterocycles. The quantitative estimate of drug-likeness (QED) is 0.263. The molecule has 0 saturated carbocycles. The number of nitrogens with zero attached hydrogens (tertiary/aromatic N) is 3. The second-order valence-electron chi connectivity index (χ2n) is 7.00. The fraction of sp³-hybridized carbons (Fsp3) is 0.217. The van der Waals surface area contributed by atoms with Crippen LogP contribution in [-0.2, 0) is 6.54 Å². The van der Waals surface area contributed by atoms with E-state index in [2.05, 4.69) is 30.9 Å². The maximum absolute atomic E-state index is 6.12. The predicted octanol–water partition coefficient (Wildman–Crippen LogP) is 4.72. The molecule has 0 bridgehead atoms. The molecule has 0 fully saturated rings. The van der Waals surface area contributed by atoms with E-state index in [0.29, 0.717) is 34.9 Å². The Hall–Kier alpha value is -3.43. The van der Waals surface area contributed by atoms with Crippen LogP contribution >= 0.6 is 23.8 Å². The minimum Gasteiger partial charge on any atom is -0.496 e. The van der Waals surface area contributed by atoms with Gasteiger partial charge in [-0.15, -0.1) is 0 Å². The first-order valence-corrected chi connectivity index (χ1v) is 10.8. The van der Waals surface area contributed by atoms with Gasteiger partial charge in [0.2, 0.25) is 11.9 Å². The number of methoxy groups -OCH3 is 2. The summed E-state index contributed by atoms with van der Waals surface area (Å²) in [5, 5.41) is 10.1. The number of halogens is 1. The van der Waals surface area contributed by atoms with Crippen LogP contribution in [0.5, 0.6) is 11.5 Å². The number of anilines is 2. The zero-order valence-electron chi connectivity index (χ0n) is 18.8. The Balaban J connectivity index is 1.84. The number of benzene rings is 2. The van der Waals surface area contributed by atoms with Crippen molar-refractivity contribution in [3.05, 3.63) is 70.5 Å². The van der Waals surface area contributed by atoms with Crippen molar-refractivity contribution >= 4 is 46.5 Å². The van der Waals surface area contributed by atoms with Gasteiger partial charge in [0.25, 0.3) is 0 Å². The maximum atomic E-state index is 6.12. The number of thiocarbonyl (C=S) groups is 1. The molecule has 172 valence electrons. The molecule has 10 heteroatoms. The number of para-hydroxylation sites is 1. The van der Waals surface area contributed by atoms with E-state index >= 15 is 0 Å². The number of guanidine groups is 1. The molecule has 8 nitrogen and oxygen atoms in total.